The number of nitrogens with zero attached hydrogens (tertiary/aromatic N) is 1. The van der Waals surface area contributed by atoms with Crippen molar-refractivity contribution >= 4 is 21.9 Å². The summed E-state index contributed by atoms with van der Waals surface area (Å²) >= 11 is 0. The topological polar surface area (TPSA) is 17.0 Å². The van der Waals surface area contributed by atoms with E-state index >= 15 is 0 Å². The third kappa shape index (κ3) is 1.63. The van der Waals surface area contributed by atoms with Crippen LogP contribution >= 0.6 is 0 Å². The van der Waals surface area contributed by atoms with Gasteiger partial charge in [0.05, 0.1) is 5.56 Å². The molecular weight excluding hydrogens is 294 g/mol. The van der Waals surface area contributed by atoms with Crippen molar-refractivity contribution in [2.45, 2.75) is 33.2 Å². The number of hydrogen-bond acceptors (Lipinski definition) is 1. The first-order chi connectivity index (χ1) is 11.7. The number of hydrogen-bond donors (Lipinski definition) is 0. The van der Waals surface area contributed by atoms with Crippen LogP contribution in [0.4, 0.5) is 0 Å². The van der Waals surface area contributed by atoms with Gasteiger partial charge >= 0.3 is 0 Å². The summed E-state index contributed by atoms with van der Waals surface area (Å²) < 4.78 is 8.73. The highest BCUT2D eigenvalue weighted by Crippen LogP contribution is 2.43. The molecule has 4 aromatic rings. The number of rotatable bonds is 1. The van der Waals surface area contributed by atoms with Crippen molar-refractivity contribution in [3.8, 4) is 11.3 Å². The molecule has 0 spiro atoms. The standard InChI is InChI=1S/C22H20NO/c1-4-18-17-10-9-16-15-7-5-6-8-20(15)24-22(16)21(17)19-11-13(2)14(3)12-23(18)19/h5-12,18H,4H2,1-3H3/q+1. The summed E-state index contributed by atoms with van der Waals surface area (Å²) in [6.07, 6.45) is 3.38. The lowest BCUT2D eigenvalue weighted by molar-refractivity contribution is -0.698. The number of para-hydroxylation sites is 1. The van der Waals surface area contributed by atoms with Crippen LogP contribution in [-0.2, 0) is 0 Å². The van der Waals surface area contributed by atoms with E-state index in [-0.39, 0.29) is 0 Å². The quantitative estimate of drug-likeness (QED) is 0.426. The van der Waals surface area contributed by atoms with Crippen LogP contribution in [0.15, 0.2) is 53.1 Å². The molecule has 0 N–H and O–H groups in total. The van der Waals surface area contributed by atoms with Gasteiger partial charge in [-0.1, -0.05) is 31.2 Å². The highest BCUT2D eigenvalue weighted by atomic mass is 16.3. The number of pyridine rings is 1. The van der Waals surface area contributed by atoms with Crippen LogP contribution in [0.1, 0.15) is 36.1 Å². The predicted octanol–water partition coefficient (Wildman–Crippen LogP) is 5.47. The minimum absolute atomic E-state index is 0.395. The van der Waals surface area contributed by atoms with Crippen molar-refractivity contribution in [2.75, 3.05) is 0 Å². The van der Waals surface area contributed by atoms with Crippen molar-refractivity contribution in [3.63, 3.8) is 0 Å². The van der Waals surface area contributed by atoms with E-state index in [9.17, 15) is 0 Å². The van der Waals surface area contributed by atoms with E-state index in [1.807, 2.05) is 6.07 Å². The fourth-order valence-corrected chi connectivity index (χ4v) is 4.15. The molecule has 3 heterocycles. The highest BCUT2D eigenvalue weighted by Gasteiger charge is 2.38. The Morgan fingerprint density at radius 1 is 1.00 bits per heavy atom. The Hall–Kier alpha value is -2.61. The van der Waals surface area contributed by atoms with Crippen LogP contribution in [0.2, 0.25) is 0 Å². The van der Waals surface area contributed by atoms with Gasteiger partial charge in [0, 0.05) is 34.4 Å². The van der Waals surface area contributed by atoms with Gasteiger partial charge in [-0.3, -0.25) is 0 Å². The summed E-state index contributed by atoms with van der Waals surface area (Å²) in [6.45, 7) is 6.64. The van der Waals surface area contributed by atoms with Crippen LogP contribution in [-0.4, -0.2) is 0 Å². The first kappa shape index (κ1) is 13.8. The van der Waals surface area contributed by atoms with Gasteiger partial charge in [0.1, 0.15) is 11.2 Å². The second-order valence-electron chi connectivity index (χ2n) is 6.86. The molecule has 0 aliphatic carbocycles. The Morgan fingerprint density at radius 3 is 2.67 bits per heavy atom. The number of fused-ring (bicyclic) bond motifs is 7. The molecule has 118 valence electrons. The van der Waals surface area contributed by atoms with Crippen LogP contribution in [0, 0.1) is 13.8 Å². The molecule has 0 saturated heterocycles. The molecule has 1 unspecified atom stereocenters. The third-order valence-corrected chi connectivity index (χ3v) is 5.50. The van der Waals surface area contributed by atoms with Crippen LogP contribution < -0.4 is 4.57 Å². The summed E-state index contributed by atoms with van der Waals surface area (Å²) in [5.41, 5.74) is 8.61. The maximum atomic E-state index is 6.30. The highest BCUT2D eigenvalue weighted by molar-refractivity contribution is 6.10. The van der Waals surface area contributed by atoms with Crippen LogP contribution in [0.5, 0.6) is 0 Å². The van der Waals surface area contributed by atoms with Crippen molar-refractivity contribution in [3.05, 3.63) is 65.4 Å². The molecule has 0 fully saturated rings. The fraction of sp³-hybridized carbons (Fsp3) is 0.227. The minimum Gasteiger partial charge on any atom is -0.455 e. The molecule has 24 heavy (non-hydrogen) atoms. The van der Waals surface area contributed by atoms with Crippen LogP contribution in [0.3, 0.4) is 0 Å². The van der Waals surface area contributed by atoms with E-state index in [1.54, 1.807) is 0 Å². The second kappa shape index (κ2) is 4.70. The molecule has 5 rings (SSSR count). The summed E-state index contributed by atoms with van der Waals surface area (Å²) in [6, 6.07) is 15.6. The smallest absolute Gasteiger partial charge is 0.217 e. The number of benzene rings is 2. The third-order valence-electron chi connectivity index (χ3n) is 5.50. The zero-order valence-electron chi connectivity index (χ0n) is 14.3. The number of aromatic nitrogens is 1. The molecule has 2 aromatic heterocycles. The molecular formula is C22H20NO+. The molecule has 2 nitrogen and oxygen atoms in total. The Morgan fingerprint density at radius 2 is 1.83 bits per heavy atom. The average molecular weight is 314 g/mol. The van der Waals surface area contributed by atoms with Crippen molar-refractivity contribution in [2.24, 2.45) is 0 Å². The molecule has 0 radical (unpaired) electrons. The molecule has 0 amide bonds. The minimum atomic E-state index is 0.395. The maximum Gasteiger partial charge on any atom is 0.217 e. The molecule has 0 bridgehead atoms. The van der Waals surface area contributed by atoms with E-state index in [0.717, 1.165) is 17.6 Å². The monoisotopic (exact) mass is 314 g/mol. The summed E-state index contributed by atoms with van der Waals surface area (Å²) in [5.74, 6) is 0. The number of aryl methyl sites for hydroxylation is 2. The van der Waals surface area contributed by atoms with E-state index < -0.39 is 0 Å². The Bertz CT molecular complexity index is 1120. The maximum absolute atomic E-state index is 6.30. The first-order valence-electron chi connectivity index (χ1n) is 8.66. The first-order valence-corrected chi connectivity index (χ1v) is 8.66. The number of furan rings is 1. The zero-order chi connectivity index (χ0) is 16.4. The Labute approximate surface area is 141 Å². The van der Waals surface area contributed by atoms with E-state index in [1.165, 1.54) is 38.7 Å². The van der Waals surface area contributed by atoms with Gasteiger partial charge < -0.3 is 4.42 Å². The van der Waals surface area contributed by atoms with Gasteiger partial charge in [0.25, 0.3) is 0 Å². The lowest BCUT2D eigenvalue weighted by atomic mass is 9.98. The van der Waals surface area contributed by atoms with Gasteiger partial charge in [-0.05, 0) is 31.5 Å². The van der Waals surface area contributed by atoms with E-state index in [4.69, 9.17) is 4.42 Å². The molecule has 1 aliphatic heterocycles. The van der Waals surface area contributed by atoms with Gasteiger partial charge in [-0.25, -0.2) is 0 Å². The molecule has 2 aromatic carbocycles. The average Bonchev–Trinajstić information content (AvgIpc) is 3.10. The van der Waals surface area contributed by atoms with Crippen molar-refractivity contribution in [1.82, 2.24) is 0 Å². The van der Waals surface area contributed by atoms with Crippen molar-refractivity contribution in [1.29, 1.82) is 0 Å². The van der Waals surface area contributed by atoms with Gasteiger partial charge in [-0.2, -0.15) is 4.57 Å². The second-order valence-corrected chi connectivity index (χ2v) is 6.86. The van der Waals surface area contributed by atoms with Crippen LogP contribution in [0.25, 0.3) is 33.2 Å². The Kier molecular flexibility index (Phi) is 2.70. The Balaban J connectivity index is 1.95. The van der Waals surface area contributed by atoms with E-state index in [2.05, 4.69) is 67.9 Å². The predicted molar refractivity (Wildman–Crippen MR) is 97.3 cm³/mol. The van der Waals surface area contributed by atoms with Gasteiger partial charge in [0.2, 0.25) is 5.69 Å². The lowest BCUT2D eigenvalue weighted by Crippen LogP contribution is -2.37. The molecule has 1 atom stereocenters. The van der Waals surface area contributed by atoms with E-state index in [0.29, 0.717) is 6.04 Å². The molecule has 2 heteroatoms. The van der Waals surface area contributed by atoms with Gasteiger partial charge in [-0.15, -0.1) is 0 Å². The summed E-state index contributed by atoms with van der Waals surface area (Å²) in [5, 5.41) is 2.41. The summed E-state index contributed by atoms with van der Waals surface area (Å²) in [4.78, 5) is 0. The zero-order valence-corrected chi connectivity index (χ0v) is 14.3. The van der Waals surface area contributed by atoms with Gasteiger partial charge in [0.15, 0.2) is 12.2 Å². The SMILES string of the molecule is CCC1c2ccc3c(oc4ccccc43)c2-c2cc(C)c(C)c[n+]21. The summed E-state index contributed by atoms with van der Waals surface area (Å²) in [7, 11) is 0. The molecule has 0 saturated carbocycles. The van der Waals surface area contributed by atoms with Crippen molar-refractivity contribution < 1.29 is 8.98 Å². The fourth-order valence-electron chi connectivity index (χ4n) is 4.15. The molecule has 1 aliphatic rings. The lowest BCUT2D eigenvalue weighted by Gasteiger charge is -2.06. The largest absolute Gasteiger partial charge is 0.455 e. The normalized spacial score (nSPS) is 15.9.